The van der Waals surface area contributed by atoms with Crippen molar-refractivity contribution in [1.82, 2.24) is 0 Å². The van der Waals surface area contributed by atoms with Crippen LogP contribution < -0.4 is 29.6 Å². The average molecular weight is 174 g/mol. The minimum absolute atomic E-state index is 0. The molecule has 0 aromatic carbocycles. The molecule has 0 rings (SSSR count). The van der Waals surface area contributed by atoms with Crippen LogP contribution in [-0.4, -0.2) is 41.1 Å². The molecule has 11 heavy (non-hydrogen) atoms. The Hall–Kier alpha value is 0.840. The van der Waals surface area contributed by atoms with Crippen molar-refractivity contribution in [3.8, 4) is 0 Å². The van der Waals surface area contributed by atoms with Gasteiger partial charge >= 0.3 is 29.6 Å². The van der Waals surface area contributed by atoms with Crippen molar-refractivity contribution >= 4 is 0 Å². The van der Waals surface area contributed by atoms with E-state index >= 15 is 0 Å². The van der Waals surface area contributed by atoms with Crippen LogP contribution in [0.4, 0.5) is 0 Å². The van der Waals surface area contributed by atoms with Crippen LogP contribution in [0.5, 0.6) is 0 Å². The quantitative estimate of drug-likeness (QED) is 0.435. The summed E-state index contributed by atoms with van der Waals surface area (Å²) in [7, 11) is 0. The number of rotatable bonds is 4. The summed E-state index contributed by atoms with van der Waals surface area (Å²) >= 11 is 0. The van der Waals surface area contributed by atoms with Gasteiger partial charge in [-0.05, 0) is 13.8 Å². The summed E-state index contributed by atoms with van der Waals surface area (Å²) in [6, 6.07) is 0. The van der Waals surface area contributed by atoms with Gasteiger partial charge in [0.05, 0.1) is 25.4 Å². The van der Waals surface area contributed by atoms with Crippen LogP contribution in [-0.2, 0) is 4.74 Å². The number of ether oxygens (including phenoxy) is 1. The molecule has 5 heteroatoms. The second kappa shape index (κ2) is 10.8. The van der Waals surface area contributed by atoms with Gasteiger partial charge in [0.1, 0.15) is 0 Å². The predicted octanol–water partition coefficient (Wildman–Crippen LogP) is -3.41. The maximum absolute atomic E-state index is 8.69. The van der Waals surface area contributed by atoms with Gasteiger partial charge in [0.25, 0.3) is 0 Å². The zero-order valence-electron chi connectivity index (χ0n) is 7.32. The number of aliphatic hydroxyl groups is 2. The van der Waals surface area contributed by atoms with Crippen LogP contribution in [0.3, 0.4) is 0 Å². The van der Waals surface area contributed by atoms with Crippen molar-refractivity contribution in [2.75, 3.05) is 13.2 Å². The summed E-state index contributed by atoms with van der Waals surface area (Å²) in [5.74, 6) is 0. The van der Waals surface area contributed by atoms with E-state index in [2.05, 4.69) is 0 Å². The van der Waals surface area contributed by atoms with Crippen molar-refractivity contribution in [2.45, 2.75) is 26.1 Å². The number of hydrogen-bond acceptors (Lipinski definition) is 4. The Morgan fingerprint density at radius 1 is 1.36 bits per heavy atom. The Labute approximate surface area is 89.2 Å². The molecule has 0 aromatic heterocycles. The largest absolute Gasteiger partial charge is 1.00 e. The molecule has 0 amide bonds. The van der Waals surface area contributed by atoms with Crippen LogP contribution in [0, 0.1) is 0 Å². The van der Waals surface area contributed by atoms with Crippen LogP contribution in [0.1, 0.15) is 13.8 Å². The zero-order chi connectivity index (χ0) is 7.28. The summed E-state index contributed by atoms with van der Waals surface area (Å²) < 4.78 is 4.95. The summed E-state index contributed by atoms with van der Waals surface area (Å²) in [6.45, 7) is 3.70. The standard InChI is InChI=1S/C6H14O3.Na.H2O/c1-5(8)4-9-6(2)3-7;;/h5-8H,3-4H2,1-2H3;;1H2/q;+1;/p-1. The third kappa shape index (κ3) is 13.8. The monoisotopic (exact) mass is 174 g/mol. The van der Waals surface area contributed by atoms with E-state index in [1.54, 1.807) is 13.8 Å². The van der Waals surface area contributed by atoms with E-state index in [9.17, 15) is 0 Å². The fourth-order valence-corrected chi connectivity index (χ4v) is 0.356. The van der Waals surface area contributed by atoms with Crippen molar-refractivity contribution in [3.63, 3.8) is 0 Å². The zero-order valence-corrected chi connectivity index (χ0v) is 9.32. The molecule has 3 N–H and O–H groups in total. The number of hydrogen-bond donors (Lipinski definition) is 2. The van der Waals surface area contributed by atoms with Crippen molar-refractivity contribution in [2.24, 2.45) is 0 Å². The minimum atomic E-state index is -0.445. The van der Waals surface area contributed by atoms with Crippen LogP contribution in [0.2, 0.25) is 0 Å². The third-order valence-corrected chi connectivity index (χ3v) is 0.879. The first kappa shape index (κ1) is 17.8. The molecule has 0 aliphatic rings. The SMILES string of the molecule is CC(O)COC(C)CO.[Na+].[OH-]. The molecule has 4 nitrogen and oxygen atoms in total. The smallest absolute Gasteiger partial charge is 0.870 e. The fourth-order valence-electron chi connectivity index (χ4n) is 0.356. The summed E-state index contributed by atoms with van der Waals surface area (Å²) in [4.78, 5) is 0. The van der Waals surface area contributed by atoms with Crippen LogP contribution in [0.15, 0.2) is 0 Å². The minimum Gasteiger partial charge on any atom is -0.870 e. The first-order valence-electron chi connectivity index (χ1n) is 3.07. The molecular weight excluding hydrogens is 159 g/mol. The summed E-state index contributed by atoms with van der Waals surface area (Å²) in [6.07, 6.45) is -0.612. The van der Waals surface area contributed by atoms with Crippen LogP contribution >= 0.6 is 0 Å². The normalized spacial score (nSPS) is 14.2. The molecule has 0 saturated carbocycles. The third-order valence-electron chi connectivity index (χ3n) is 0.879. The van der Waals surface area contributed by atoms with Gasteiger partial charge in [-0.2, -0.15) is 0 Å². The maximum atomic E-state index is 8.69. The molecule has 0 aliphatic carbocycles. The first-order valence-corrected chi connectivity index (χ1v) is 3.07. The molecule has 0 radical (unpaired) electrons. The van der Waals surface area contributed by atoms with E-state index in [0.29, 0.717) is 6.61 Å². The van der Waals surface area contributed by atoms with Gasteiger partial charge in [-0.1, -0.05) is 0 Å². The average Bonchev–Trinajstić information content (AvgIpc) is 1.83. The Balaban J connectivity index is -0.000000320. The van der Waals surface area contributed by atoms with Gasteiger partial charge in [0, 0.05) is 0 Å². The molecule has 0 heterocycles. The summed E-state index contributed by atoms with van der Waals surface area (Å²) in [5.41, 5.74) is 0. The molecule has 64 valence electrons. The second-order valence-corrected chi connectivity index (χ2v) is 2.18. The van der Waals surface area contributed by atoms with Gasteiger partial charge in [-0.25, -0.2) is 0 Å². The van der Waals surface area contributed by atoms with E-state index in [1.165, 1.54) is 0 Å². The predicted molar refractivity (Wildman–Crippen MR) is 36.1 cm³/mol. The number of aliphatic hydroxyl groups excluding tert-OH is 2. The first-order chi connectivity index (χ1) is 4.16. The van der Waals surface area contributed by atoms with Crippen molar-refractivity contribution in [1.29, 1.82) is 0 Å². The molecule has 2 atom stereocenters. The Bertz CT molecular complexity index is 69.6. The van der Waals surface area contributed by atoms with E-state index in [1.807, 2.05) is 0 Å². The molecule has 0 bridgehead atoms. The molecule has 0 spiro atoms. The van der Waals surface area contributed by atoms with E-state index in [-0.39, 0.29) is 47.7 Å². The molecule has 0 aliphatic heterocycles. The maximum Gasteiger partial charge on any atom is 1.00 e. The Morgan fingerprint density at radius 2 is 1.82 bits per heavy atom. The van der Waals surface area contributed by atoms with E-state index in [4.69, 9.17) is 14.9 Å². The van der Waals surface area contributed by atoms with Gasteiger partial charge in [-0.15, -0.1) is 0 Å². The van der Waals surface area contributed by atoms with Gasteiger partial charge < -0.3 is 20.4 Å². The van der Waals surface area contributed by atoms with E-state index < -0.39 is 6.10 Å². The molecule has 2 unspecified atom stereocenters. The Kier molecular flexibility index (Phi) is 17.5. The van der Waals surface area contributed by atoms with Gasteiger partial charge in [0.2, 0.25) is 0 Å². The fraction of sp³-hybridized carbons (Fsp3) is 1.00. The second-order valence-electron chi connectivity index (χ2n) is 2.18. The topological polar surface area (TPSA) is 79.7 Å². The van der Waals surface area contributed by atoms with Crippen LogP contribution in [0.25, 0.3) is 0 Å². The van der Waals surface area contributed by atoms with Gasteiger partial charge in [-0.3, -0.25) is 0 Å². The van der Waals surface area contributed by atoms with Gasteiger partial charge in [0.15, 0.2) is 0 Å². The molecule has 0 fully saturated rings. The molecular formula is C6H15NaO4. The van der Waals surface area contributed by atoms with E-state index in [0.717, 1.165) is 0 Å². The molecule has 0 aromatic rings. The Morgan fingerprint density at radius 3 is 2.09 bits per heavy atom. The van der Waals surface area contributed by atoms with Crippen molar-refractivity contribution < 1.29 is 50.0 Å². The molecule has 0 saturated heterocycles. The van der Waals surface area contributed by atoms with Crippen molar-refractivity contribution in [3.05, 3.63) is 0 Å². The summed E-state index contributed by atoms with van der Waals surface area (Å²) in [5, 5.41) is 17.1.